The molecular formula is C29H26NO2PS. The molecular weight excluding hydrogens is 457 g/mol. The highest BCUT2D eigenvalue weighted by molar-refractivity contribution is 7.86. The van der Waals surface area contributed by atoms with Crippen molar-refractivity contribution >= 4 is 40.3 Å². The van der Waals surface area contributed by atoms with E-state index < -0.39 is 18.9 Å². The Morgan fingerprint density at radius 1 is 0.765 bits per heavy atom. The van der Waals surface area contributed by atoms with Crippen molar-refractivity contribution in [3.8, 4) is 5.75 Å². The quantitative estimate of drug-likeness (QED) is 0.264. The van der Waals surface area contributed by atoms with Crippen LogP contribution in [0, 0.1) is 13.8 Å². The summed E-state index contributed by atoms with van der Waals surface area (Å²) in [6.07, 6.45) is 0. The molecule has 0 aliphatic heterocycles. The van der Waals surface area contributed by atoms with E-state index in [4.69, 9.17) is 4.74 Å². The van der Waals surface area contributed by atoms with Crippen LogP contribution in [0.15, 0.2) is 113 Å². The molecule has 0 radical (unpaired) electrons. The SMILES string of the molecule is COc1ccc2ccccc2c1S(=O)c1c(C)cc(C)n1P(c1ccccc1)c1ccccc1. The molecule has 1 aromatic heterocycles. The molecule has 0 aliphatic rings. The van der Waals surface area contributed by atoms with E-state index in [1.807, 2.05) is 48.5 Å². The second kappa shape index (κ2) is 9.58. The zero-order chi connectivity index (χ0) is 23.7. The van der Waals surface area contributed by atoms with Crippen LogP contribution in [0.2, 0.25) is 0 Å². The van der Waals surface area contributed by atoms with Crippen LogP contribution in [0.3, 0.4) is 0 Å². The van der Waals surface area contributed by atoms with Crippen molar-refractivity contribution in [1.82, 2.24) is 4.34 Å². The van der Waals surface area contributed by atoms with Gasteiger partial charge in [0.2, 0.25) is 0 Å². The average molecular weight is 484 g/mol. The Kier molecular flexibility index (Phi) is 6.36. The number of ether oxygens (including phenoxy) is 1. The van der Waals surface area contributed by atoms with Gasteiger partial charge in [0.15, 0.2) is 0 Å². The number of rotatable bonds is 6. The van der Waals surface area contributed by atoms with Gasteiger partial charge in [-0.1, -0.05) is 91.0 Å². The van der Waals surface area contributed by atoms with Crippen LogP contribution in [0.5, 0.6) is 5.75 Å². The van der Waals surface area contributed by atoms with Crippen molar-refractivity contribution in [2.24, 2.45) is 0 Å². The van der Waals surface area contributed by atoms with Gasteiger partial charge in [0, 0.05) is 21.7 Å². The second-order valence-corrected chi connectivity index (χ2v) is 11.5. The molecule has 170 valence electrons. The minimum absolute atomic E-state index is 0.644. The first-order valence-corrected chi connectivity index (χ1v) is 13.6. The summed E-state index contributed by atoms with van der Waals surface area (Å²) in [6, 6.07) is 35.2. The Labute approximate surface area is 204 Å². The van der Waals surface area contributed by atoms with Crippen molar-refractivity contribution < 1.29 is 8.95 Å². The lowest BCUT2D eigenvalue weighted by Gasteiger charge is -2.25. The number of hydrogen-bond acceptors (Lipinski definition) is 2. The maximum absolute atomic E-state index is 14.5. The molecule has 1 heterocycles. The largest absolute Gasteiger partial charge is 0.495 e. The van der Waals surface area contributed by atoms with Crippen LogP contribution >= 0.6 is 8.07 Å². The molecule has 5 heteroatoms. The molecule has 1 unspecified atom stereocenters. The van der Waals surface area contributed by atoms with Crippen LogP contribution in [0.1, 0.15) is 11.3 Å². The van der Waals surface area contributed by atoms with Gasteiger partial charge >= 0.3 is 0 Å². The molecule has 34 heavy (non-hydrogen) atoms. The highest BCUT2D eigenvalue weighted by atomic mass is 32.2. The number of benzene rings is 4. The molecule has 4 aromatic carbocycles. The van der Waals surface area contributed by atoms with E-state index in [0.717, 1.165) is 32.0 Å². The number of nitrogens with zero attached hydrogens (tertiary/aromatic N) is 1. The molecule has 0 aliphatic carbocycles. The molecule has 0 spiro atoms. The summed E-state index contributed by atoms with van der Waals surface area (Å²) in [7, 11) is -0.771. The Balaban J connectivity index is 1.78. The lowest BCUT2D eigenvalue weighted by atomic mass is 10.1. The summed E-state index contributed by atoms with van der Waals surface area (Å²) in [5.74, 6) is 0.644. The van der Waals surface area contributed by atoms with E-state index in [-0.39, 0.29) is 0 Å². The number of methoxy groups -OCH3 is 1. The van der Waals surface area contributed by atoms with Gasteiger partial charge in [-0.15, -0.1) is 0 Å². The average Bonchev–Trinajstić information content (AvgIpc) is 3.17. The van der Waals surface area contributed by atoms with Gasteiger partial charge < -0.3 is 9.07 Å². The molecule has 0 amide bonds. The molecule has 1 atom stereocenters. The van der Waals surface area contributed by atoms with Crippen LogP contribution in [0.25, 0.3) is 10.8 Å². The summed E-state index contributed by atoms with van der Waals surface area (Å²) < 4.78 is 22.5. The van der Waals surface area contributed by atoms with Crippen molar-refractivity contribution in [3.05, 3.63) is 114 Å². The molecule has 0 saturated heterocycles. The summed E-state index contributed by atoms with van der Waals surface area (Å²) in [4.78, 5) is 0.721. The van der Waals surface area contributed by atoms with Crippen molar-refractivity contribution in [3.63, 3.8) is 0 Å². The lowest BCUT2D eigenvalue weighted by molar-refractivity contribution is 0.405. The van der Waals surface area contributed by atoms with Gasteiger partial charge in [-0.25, -0.2) is 4.21 Å². The number of fused-ring (bicyclic) bond motifs is 1. The normalized spacial score (nSPS) is 12.2. The standard InChI is InChI=1S/C29H26NO2PS/c1-21-20-22(2)30(33(24-13-6-4-7-14-24)25-15-8-5-9-16-25)29(21)34(31)28-26-17-11-10-12-23(26)18-19-27(28)32-3/h4-20H,1-3H3. The number of aromatic nitrogens is 1. The van der Waals surface area contributed by atoms with Crippen LogP contribution in [-0.4, -0.2) is 15.7 Å². The summed E-state index contributed by atoms with van der Waals surface area (Å²) in [5, 5.41) is 5.25. The molecule has 3 nitrogen and oxygen atoms in total. The van der Waals surface area contributed by atoms with E-state index in [9.17, 15) is 4.21 Å². The smallest absolute Gasteiger partial charge is 0.136 e. The predicted octanol–water partition coefficient (Wildman–Crippen LogP) is 6.33. The van der Waals surface area contributed by atoms with Crippen LogP contribution < -0.4 is 15.3 Å². The first kappa shape index (κ1) is 22.6. The molecule has 0 bridgehead atoms. The second-order valence-electron chi connectivity index (χ2n) is 8.16. The summed E-state index contributed by atoms with van der Waals surface area (Å²) in [5.41, 5.74) is 2.11. The van der Waals surface area contributed by atoms with E-state index in [1.165, 1.54) is 10.6 Å². The van der Waals surface area contributed by atoms with Gasteiger partial charge in [0.1, 0.15) is 21.6 Å². The van der Waals surface area contributed by atoms with E-state index in [2.05, 4.69) is 72.8 Å². The fourth-order valence-corrected chi connectivity index (χ4v) is 8.84. The molecule has 5 rings (SSSR count). The number of hydrogen-bond donors (Lipinski definition) is 0. The first-order chi connectivity index (χ1) is 16.6. The third kappa shape index (κ3) is 3.98. The van der Waals surface area contributed by atoms with E-state index in [1.54, 1.807) is 7.11 Å². The van der Waals surface area contributed by atoms with Gasteiger partial charge in [0.25, 0.3) is 0 Å². The Hall–Kier alpha value is -3.20. The third-order valence-corrected chi connectivity index (χ3v) is 10.2. The van der Waals surface area contributed by atoms with Crippen molar-refractivity contribution in [2.75, 3.05) is 7.11 Å². The van der Waals surface area contributed by atoms with Gasteiger partial charge in [-0.05, 0) is 36.9 Å². The van der Waals surface area contributed by atoms with Gasteiger partial charge in [0.05, 0.1) is 20.1 Å². The highest BCUT2D eigenvalue weighted by Gasteiger charge is 2.28. The first-order valence-electron chi connectivity index (χ1n) is 11.2. The zero-order valence-corrected chi connectivity index (χ0v) is 21.1. The van der Waals surface area contributed by atoms with Crippen LogP contribution in [-0.2, 0) is 10.8 Å². The Morgan fingerprint density at radius 2 is 1.35 bits per heavy atom. The van der Waals surface area contributed by atoms with Crippen molar-refractivity contribution in [1.29, 1.82) is 0 Å². The Morgan fingerprint density at radius 3 is 1.97 bits per heavy atom. The van der Waals surface area contributed by atoms with E-state index in [0.29, 0.717) is 5.75 Å². The fraction of sp³-hybridized carbons (Fsp3) is 0.103. The molecule has 5 aromatic rings. The topological polar surface area (TPSA) is 31.2 Å². The van der Waals surface area contributed by atoms with Gasteiger partial charge in [-0.2, -0.15) is 0 Å². The monoisotopic (exact) mass is 483 g/mol. The maximum Gasteiger partial charge on any atom is 0.136 e. The molecule has 0 fully saturated rings. The van der Waals surface area contributed by atoms with E-state index >= 15 is 0 Å². The fourth-order valence-electron chi connectivity index (χ4n) is 4.43. The zero-order valence-electron chi connectivity index (χ0n) is 19.4. The number of aryl methyl sites for hydroxylation is 2. The highest BCUT2D eigenvalue weighted by Crippen LogP contribution is 2.44. The van der Waals surface area contributed by atoms with Crippen LogP contribution in [0.4, 0.5) is 0 Å². The third-order valence-electron chi connectivity index (χ3n) is 5.92. The Bertz CT molecular complexity index is 1440. The molecule has 0 saturated carbocycles. The maximum atomic E-state index is 14.5. The minimum atomic E-state index is -1.45. The predicted molar refractivity (Wildman–Crippen MR) is 144 cm³/mol. The minimum Gasteiger partial charge on any atom is -0.495 e. The van der Waals surface area contributed by atoms with Gasteiger partial charge in [-0.3, -0.25) is 0 Å². The lowest BCUT2D eigenvalue weighted by Crippen LogP contribution is -2.20. The van der Waals surface area contributed by atoms with Crippen molar-refractivity contribution in [2.45, 2.75) is 23.8 Å². The summed E-state index contributed by atoms with van der Waals surface area (Å²) >= 11 is 0. The molecule has 0 N–H and O–H groups in total. The summed E-state index contributed by atoms with van der Waals surface area (Å²) in [6.45, 7) is 4.16.